The minimum Gasteiger partial charge on any atom is -0.389 e. The van der Waals surface area contributed by atoms with Crippen molar-refractivity contribution in [1.29, 1.82) is 0 Å². The van der Waals surface area contributed by atoms with E-state index in [9.17, 15) is 5.11 Å². The maximum atomic E-state index is 9.54. The first-order chi connectivity index (χ1) is 8.08. The molecule has 0 unspecified atom stereocenters. The van der Waals surface area contributed by atoms with Crippen LogP contribution in [0.2, 0.25) is 0 Å². The Morgan fingerprint density at radius 3 is 2.65 bits per heavy atom. The molecule has 17 heavy (non-hydrogen) atoms. The largest absolute Gasteiger partial charge is 0.389 e. The number of anilines is 1. The summed E-state index contributed by atoms with van der Waals surface area (Å²) in [7, 11) is 2.14. The Bertz CT molecular complexity index is 388. The summed E-state index contributed by atoms with van der Waals surface area (Å²) in [4.78, 5) is 2.31. The first-order valence-electron chi connectivity index (χ1n) is 6.26. The molecule has 2 nitrogen and oxygen atoms in total. The van der Waals surface area contributed by atoms with Crippen LogP contribution in [0.1, 0.15) is 37.9 Å². The zero-order chi connectivity index (χ0) is 12.4. The van der Waals surface area contributed by atoms with E-state index in [1.54, 1.807) is 6.92 Å². The van der Waals surface area contributed by atoms with Gasteiger partial charge in [-0.1, -0.05) is 12.5 Å². The van der Waals surface area contributed by atoms with Crippen LogP contribution < -0.4 is 4.90 Å². The van der Waals surface area contributed by atoms with Crippen molar-refractivity contribution in [3.05, 3.63) is 28.2 Å². The van der Waals surface area contributed by atoms with Crippen LogP contribution in [-0.2, 0) is 0 Å². The van der Waals surface area contributed by atoms with Crippen molar-refractivity contribution in [2.24, 2.45) is 5.92 Å². The summed E-state index contributed by atoms with van der Waals surface area (Å²) in [6.07, 6.45) is 3.72. The predicted molar refractivity (Wildman–Crippen MR) is 75.4 cm³/mol. The fourth-order valence-electron chi connectivity index (χ4n) is 2.25. The number of hydrogen-bond acceptors (Lipinski definition) is 2. The molecule has 0 aromatic heterocycles. The van der Waals surface area contributed by atoms with Gasteiger partial charge >= 0.3 is 0 Å². The van der Waals surface area contributed by atoms with Crippen molar-refractivity contribution in [2.75, 3.05) is 18.5 Å². The number of halogens is 1. The molecule has 0 amide bonds. The molecule has 0 heterocycles. The van der Waals surface area contributed by atoms with E-state index in [4.69, 9.17) is 0 Å². The minimum absolute atomic E-state index is 0.405. The SMILES string of the molecule is C[C@@H](O)c1ccc(N(C)CC2CCC2)c(Br)c1. The van der Waals surface area contributed by atoms with Gasteiger partial charge < -0.3 is 10.0 Å². The van der Waals surface area contributed by atoms with Crippen molar-refractivity contribution in [3.8, 4) is 0 Å². The third kappa shape index (κ3) is 3.02. The number of hydrogen-bond donors (Lipinski definition) is 1. The van der Waals surface area contributed by atoms with E-state index in [0.29, 0.717) is 0 Å². The Morgan fingerprint density at radius 2 is 2.18 bits per heavy atom. The third-order valence-electron chi connectivity index (χ3n) is 3.62. The van der Waals surface area contributed by atoms with Crippen LogP contribution in [0.25, 0.3) is 0 Å². The second-order valence-corrected chi connectivity index (χ2v) is 5.92. The molecule has 0 aliphatic heterocycles. The highest BCUT2D eigenvalue weighted by Crippen LogP contribution is 2.32. The molecule has 1 aliphatic rings. The quantitative estimate of drug-likeness (QED) is 0.915. The van der Waals surface area contributed by atoms with Gasteiger partial charge in [0.25, 0.3) is 0 Å². The molecule has 0 saturated heterocycles. The van der Waals surface area contributed by atoms with Crippen LogP contribution in [0.15, 0.2) is 22.7 Å². The van der Waals surface area contributed by atoms with Gasteiger partial charge in [-0.15, -0.1) is 0 Å². The van der Waals surface area contributed by atoms with E-state index < -0.39 is 6.10 Å². The fraction of sp³-hybridized carbons (Fsp3) is 0.571. The van der Waals surface area contributed by atoms with Gasteiger partial charge in [0.15, 0.2) is 0 Å². The zero-order valence-corrected chi connectivity index (χ0v) is 12.1. The molecule has 3 heteroatoms. The van der Waals surface area contributed by atoms with E-state index in [1.807, 2.05) is 12.1 Å². The average molecular weight is 298 g/mol. The van der Waals surface area contributed by atoms with Crippen LogP contribution in [0.5, 0.6) is 0 Å². The van der Waals surface area contributed by atoms with Gasteiger partial charge in [-0.3, -0.25) is 0 Å². The Labute approximate surface area is 112 Å². The lowest BCUT2D eigenvalue weighted by atomic mass is 9.85. The van der Waals surface area contributed by atoms with Crippen LogP contribution in [0.3, 0.4) is 0 Å². The van der Waals surface area contributed by atoms with E-state index in [-0.39, 0.29) is 0 Å². The Hall–Kier alpha value is -0.540. The zero-order valence-electron chi connectivity index (χ0n) is 10.5. The Morgan fingerprint density at radius 1 is 1.47 bits per heavy atom. The first kappa shape index (κ1) is 12.9. The molecule has 0 spiro atoms. The van der Waals surface area contributed by atoms with Gasteiger partial charge in [-0.05, 0) is 59.3 Å². The number of benzene rings is 1. The maximum absolute atomic E-state index is 9.54. The first-order valence-corrected chi connectivity index (χ1v) is 7.06. The molecule has 1 aliphatic carbocycles. The molecule has 1 aromatic rings. The van der Waals surface area contributed by atoms with E-state index in [1.165, 1.54) is 24.9 Å². The van der Waals surface area contributed by atoms with Gasteiger partial charge in [0.1, 0.15) is 0 Å². The lowest BCUT2D eigenvalue weighted by molar-refractivity contribution is 0.199. The van der Waals surface area contributed by atoms with Crippen molar-refractivity contribution in [1.82, 2.24) is 0 Å². The van der Waals surface area contributed by atoms with Crippen molar-refractivity contribution in [2.45, 2.75) is 32.3 Å². The van der Waals surface area contributed by atoms with Crippen LogP contribution >= 0.6 is 15.9 Å². The van der Waals surface area contributed by atoms with Gasteiger partial charge in [-0.2, -0.15) is 0 Å². The van der Waals surface area contributed by atoms with Crippen molar-refractivity contribution in [3.63, 3.8) is 0 Å². The van der Waals surface area contributed by atoms with E-state index in [2.05, 4.69) is 33.9 Å². The minimum atomic E-state index is -0.405. The Kier molecular flexibility index (Phi) is 4.10. The molecule has 1 fully saturated rings. The molecule has 1 aromatic carbocycles. The Balaban J connectivity index is 2.08. The summed E-state index contributed by atoms with van der Waals surface area (Å²) in [5.41, 5.74) is 2.17. The third-order valence-corrected chi connectivity index (χ3v) is 4.26. The molecule has 1 saturated carbocycles. The topological polar surface area (TPSA) is 23.5 Å². The fourth-order valence-corrected chi connectivity index (χ4v) is 2.95. The second kappa shape index (κ2) is 5.40. The molecule has 1 N–H and O–H groups in total. The summed E-state index contributed by atoms with van der Waals surface area (Å²) in [5.74, 6) is 0.864. The van der Waals surface area contributed by atoms with Crippen molar-refractivity contribution >= 4 is 21.6 Å². The van der Waals surface area contributed by atoms with Crippen LogP contribution in [0, 0.1) is 5.92 Å². The summed E-state index contributed by atoms with van der Waals surface area (Å²) < 4.78 is 1.07. The van der Waals surface area contributed by atoms with Gasteiger partial charge in [-0.25, -0.2) is 0 Å². The average Bonchev–Trinajstić information content (AvgIpc) is 2.22. The summed E-state index contributed by atoms with van der Waals surface area (Å²) in [6, 6.07) is 6.10. The molecule has 0 bridgehead atoms. The molecule has 1 atom stereocenters. The summed E-state index contributed by atoms with van der Waals surface area (Å²) in [5, 5.41) is 9.54. The normalized spacial score (nSPS) is 17.6. The molecule has 0 radical (unpaired) electrons. The second-order valence-electron chi connectivity index (χ2n) is 5.06. The highest BCUT2D eigenvalue weighted by molar-refractivity contribution is 9.10. The molecular formula is C14H20BrNO. The summed E-state index contributed by atoms with van der Waals surface area (Å²) >= 11 is 3.59. The highest BCUT2D eigenvalue weighted by atomic mass is 79.9. The predicted octanol–water partition coefficient (Wildman–Crippen LogP) is 3.74. The standard InChI is InChI=1S/C14H20BrNO/c1-10(17)12-6-7-14(13(15)8-12)16(2)9-11-4-3-5-11/h6-8,10-11,17H,3-5,9H2,1-2H3/t10-/m1/s1. The summed E-state index contributed by atoms with van der Waals surface area (Å²) in [6.45, 7) is 2.92. The monoisotopic (exact) mass is 297 g/mol. The van der Waals surface area contributed by atoms with Crippen LogP contribution in [-0.4, -0.2) is 18.7 Å². The van der Waals surface area contributed by atoms with Crippen LogP contribution in [0.4, 0.5) is 5.69 Å². The highest BCUT2D eigenvalue weighted by Gasteiger charge is 2.20. The number of nitrogens with zero attached hydrogens (tertiary/aromatic N) is 1. The number of rotatable bonds is 4. The van der Waals surface area contributed by atoms with Gasteiger partial charge in [0.05, 0.1) is 11.8 Å². The number of aliphatic hydroxyl groups excluding tert-OH is 1. The maximum Gasteiger partial charge on any atom is 0.0762 e. The molecular weight excluding hydrogens is 278 g/mol. The van der Waals surface area contributed by atoms with E-state index >= 15 is 0 Å². The van der Waals surface area contributed by atoms with Gasteiger partial charge in [0.2, 0.25) is 0 Å². The lowest BCUT2D eigenvalue weighted by Gasteiger charge is -2.32. The lowest BCUT2D eigenvalue weighted by Crippen LogP contribution is -2.29. The smallest absolute Gasteiger partial charge is 0.0762 e. The van der Waals surface area contributed by atoms with Gasteiger partial charge in [0, 0.05) is 18.1 Å². The van der Waals surface area contributed by atoms with E-state index in [0.717, 1.165) is 22.5 Å². The molecule has 2 rings (SSSR count). The number of aliphatic hydroxyl groups is 1. The van der Waals surface area contributed by atoms with Crippen molar-refractivity contribution < 1.29 is 5.11 Å². The molecule has 94 valence electrons.